The summed E-state index contributed by atoms with van der Waals surface area (Å²) in [5.41, 5.74) is -0.255. The Bertz CT molecular complexity index is 360. The van der Waals surface area contributed by atoms with Gasteiger partial charge in [-0.3, -0.25) is 4.79 Å². The Balaban J connectivity index is 2.80. The molecule has 0 atom stereocenters. The topological polar surface area (TPSA) is 50.1 Å². The van der Waals surface area contributed by atoms with Crippen LogP contribution in [0.4, 0.5) is 0 Å². The number of carbonyl (C=O) groups is 1. The summed E-state index contributed by atoms with van der Waals surface area (Å²) in [7, 11) is 0. The van der Waals surface area contributed by atoms with Crippen molar-refractivity contribution in [3.63, 3.8) is 0 Å². The second-order valence-electron chi connectivity index (χ2n) is 3.46. The standard InChI is InChI=1S/C11H11NO2/c1-11(2,8-13)14-10-5-3-9(7-12)4-6-10/h3-6,8H,1-2H3. The zero-order valence-electron chi connectivity index (χ0n) is 8.15. The number of hydrogen-bond donors (Lipinski definition) is 0. The van der Waals surface area contributed by atoms with Gasteiger partial charge in [0.15, 0.2) is 11.9 Å². The molecule has 0 saturated carbocycles. The van der Waals surface area contributed by atoms with E-state index in [1.165, 1.54) is 0 Å². The van der Waals surface area contributed by atoms with E-state index in [-0.39, 0.29) is 0 Å². The molecule has 0 aliphatic heterocycles. The number of nitrogens with zero attached hydrogens (tertiary/aromatic N) is 1. The normalized spacial score (nSPS) is 10.4. The molecule has 0 unspecified atom stereocenters. The Morgan fingerprint density at radius 1 is 1.36 bits per heavy atom. The van der Waals surface area contributed by atoms with Crippen LogP contribution < -0.4 is 4.74 Å². The highest BCUT2D eigenvalue weighted by atomic mass is 16.5. The van der Waals surface area contributed by atoms with Gasteiger partial charge < -0.3 is 4.74 Å². The summed E-state index contributed by atoms with van der Waals surface area (Å²) in [6.07, 6.45) is 0.741. The predicted molar refractivity (Wildman–Crippen MR) is 51.9 cm³/mol. The largest absolute Gasteiger partial charge is 0.480 e. The van der Waals surface area contributed by atoms with Crippen LogP contribution in [0.25, 0.3) is 0 Å². The summed E-state index contributed by atoms with van der Waals surface area (Å²) in [4.78, 5) is 10.6. The van der Waals surface area contributed by atoms with Crippen molar-refractivity contribution < 1.29 is 9.53 Å². The van der Waals surface area contributed by atoms with Gasteiger partial charge in [0, 0.05) is 0 Å². The first kappa shape index (κ1) is 10.3. The van der Waals surface area contributed by atoms with E-state index < -0.39 is 5.60 Å². The van der Waals surface area contributed by atoms with E-state index in [4.69, 9.17) is 10.00 Å². The van der Waals surface area contributed by atoms with Gasteiger partial charge in [0.05, 0.1) is 11.6 Å². The van der Waals surface area contributed by atoms with Gasteiger partial charge in [0.2, 0.25) is 0 Å². The molecule has 72 valence electrons. The van der Waals surface area contributed by atoms with Gasteiger partial charge in [-0.1, -0.05) is 0 Å². The highest BCUT2D eigenvalue weighted by molar-refractivity contribution is 5.61. The number of rotatable bonds is 3. The van der Waals surface area contributed by atoms with Crippen molar-refractivity contribution in [3.05, 3.63) is 29.8 Å². The van der Waals surface area contributed by atoms with E-state index in [2.05, 4.69) is 0 Å². The van der Waals surface area contributed by atoms with E-state index in [1.54, 1.807) is 38.1 Å². The maximum Gasteiger partial charge on any atom is 0.162 e. The average molecular weight is 189 g/mol. The van der Waals surface area contributed by atoms with Crippen LogP contribution in [0.3, 0.4) is 0 Å². The fourth-order valence-corrected chi connectivity index (χ4v) is 0.925. The third kappa shape index (κ3) is 2.60. The van der Waals surface area contributed by atoms with Crippen molar-refractivity contribution in [2.75, 3.05) is 0 Å². The number of hydrogen-bond acceptors (Lipinski definition) is 3. The fourth-order valence-electron chi connectivity index (χ4n) is 0.925. The first-order valence-corrected chi connectivity index (χ1v) is 4.23. The molecule has 3 nitrogen and oxygen atoms in total. The molecule has 14 heavy (non-hydrogen) atoms. The van der Waals surface area contributed by atoms with Crippen LogP contribution in [0.15, 0.2) is 24.3 Å². The summed E-state index contributed by atoms with van der Waals surface area (Å²) in [6, 6.07) is 8.64. The summed E-state index contributed by atoms with van der Waals surface area (Å²) >= 11 is 0. The molecule has 0 bridgehead atoms. The molecular formula is C11H11NO2. The van der Waals surface area contributed by atoms with Crippen molar-refractivity contribution in [2.24, 2.45) is 0 Å². The minimum absolute atomic E-state index is 0.571. The highest BCUT2D eigenvalue weighted by Gasteiger charge is 2.17. The van der Waals surface area contributed by atoms with Crippen LogP contribution in [-0.4, -0.2) is 11.9 Å². The van der Waals surface area contributed by atoms with E-state index in [9.17, 15) is 4.79 Å². The maximum atomic E-state index is 10.6. The quantitative estimate of drug-likeness (QED) is 0.682. The van der Waals surface area contributed by atoms with E-state index >= 15 is 0 Å². The molecule has 0 heterocycles. The molecule has 0 spiro atoms. The molecule has 1 aromatic carbocycles. The van der Waals surface area contributed by atoms with Crippen molar-refractivity contribution in [3.8, 4) is 11.8 Å². The molecular weight excluding hydrogens is 178 g/mol. The van der Waals surface area contributed by atoms with Crippen molar-refractivity contribution in [1.29, 1.82) is 5.26 Å². The predicted octanol–water partition coefficient (Wildman–Crippen LogP) is 1.91. The lowest BCUT2D eigenvalue weighted by Gasteiger charge is -2.19. The number of aldehydes is 1. The SMILES string of the molecule is CC(C)(C=O)Oc1ccc(C#N)cc1. The minimum atomic E-state index is -0.825. The number of ether oxygens (including phenoxy) is 1. The second kappa shape index (κ2) is 3.93. The molecule has 1 rings (SSSR count). The molecule has 3 heteroatoms. The minimum Gasteiger partial charge on any atom is -0.480 e. The van der Waals surface area contributed by atoms with Gasteiger partial charge in [-0.25, -0.2) is 0 Å². The molecule has 1 aromatic rings. The van der Waals surface area contributed by atoms with E-state index in [0.717, 1.165) is 6.29 Å². The Hall–Kier alpha value is -1.82. The number of benzene rings is 1. The molecule has 0 amide bonds. The summed E-state index contributed by atoms with van der Waals surface area (Å²) in [6.45, 7) is 3.36. The van der Waals surface area contributed by atoms with Crippen LogP contribution in [-0.2, 0) is 4.79 Å². The number of nitriles is 1. The van der Waals surface area contributed by atoms with Gasteiger partial charge in [0.25, 0.3) is 0 Å². The Kier molecular flexibility index (Phi) is 2.88. The lowest BCUT2D eigenvalue weighted by molar-refractivity contribution is -0.118. The Morgan fingerprint density at radius 3 is 2.36 bits per heavy atom. The van der Waals surface area contributed by atoms with Crippen molar-refractivity contribution in [1.82, 2.24) is 0 Å². The van der Waals surface area contributed by atoms with E-state index in [1.807, 2.05) is 6.07 Å². The number of carbonyl (C=O) groups excluding carboxylic acids is 1. The smallest absolute Gasteiger partial charge is 0.162 e. The first-order valence-electron chi connectivity index (χ1n) is 4.23. The summed E-state index contributed by atoms with van der Waals surface area (Å²) < 4.78 is 5.37. The van der Waals surface area contributed by atoms with Crippen LogP contribution in [0.5, 0.6) is 5.75 Å². The molecule has 0 N–H and O–H groups in total. The van der Waals surface area contributed by atoms with Gasteiger partial charge >= 0.3 is 0 Å². The van der Waals surface area contributed by atoms with E-state index in [0.29, 0.717) is 11.3 Å². The lowest BCUT2D eigenvalue weighted by atomic mass is 10.1. The Labute approximate surface area is 82.9 Å². The fraction of sp³-hybridized carbons (Fsp3) is 0.273. The van der Waals surface area contributed by atoms with Gasteiger partial charge in [-0.15, -0.1) is 0 Å². The highest BCUT2D eigenvalue weighted by Crippen LogP contribution is 2.17. The monoisotopic (exact) mass is 189 g/mol. The molecule has 0 aliphatic carbocycles. The third-order valence-electron chi connectivity index (χ3n) is 1.65. The van der Waals surface area contributed by atoms with Gasteiger partial charge in [-0.2, -0.15) is 5.26 Å². The van der Waals surface area contributed by atoms with Crippen LogP contribution in [0.2, 0.25) is 0 Å². The second-order valence-corrected chi connectivity index (χ2v) is 3.46. The maximum absolute atomic E-state index is 10.6. The van der Waals surface area contributed by atoms with Crippen molar-refractivity contribution in [2.45, 2.75) is 19.4 Å². The average Bonchev–Trinajstić information content (AvgIpc) is 2.19. The summed E-state index contributed by atoms with van der Waals surface area (Å²) in [5, 5.41) is 8.56. The zero-order valence-corrected chi connectivity index (χ0v) is 8.15. The van der Waals surface area contributed by atoms with Gasteiger partial charge in [0.1, 0.15) is 5.75 Å². The molecule has 0 fully saturated rings. The van der Waals surface area contributed by atoms with Crippen LogP contribution in [0.1, 0.15) is 19.4 Å². The van der Waals surface area contributed by atoms with Crippen LogP contribution >= 0.6 is 0 Å². The lowest BCUT2D eigenvalue weighted by Crippen LogP contribution is -2.29. The van der Waals surface area contributed by atoms with Crippen LogP contribution in [0, 0.1) is 11.3 Å². The van der Waals surface area contributed by atoms with Gasteiger partial charge in [-0.05, 0) is 38.1 Å². The molecule has 0 saturated heterocycles. The molecule has 0 aromatic heterocycles. The summed E-state index contributed by atoms with van der Waals surface area (Å²) in [5.74, 6) is 0.584. The first-order chi connectivity index (χ1) is 6.57. The zero-order chi connectivity index (χ0) is 10.6. The van der Waals surface area contributed by atoms with Crippen molar-refractivity contribution >= 4 is 6.29 Å². The molecule has 0 radical (unpaired) electrons. The Morgan fingerprint density at radius 2 is 1.93 bits per heavy atom. The third-order valence-corrected chi connectivity index (χ3v) is 1.65. The molecule has 0 aliphatic rings.